The lowest BCUT2D eigenvalue weighted by Crippen LogP contribution is -2.30. The van der Waals surface area contributed by atoms with Gasteiger partial charge < -0.3 is 14.2 Å². The lowest BCUT2D eigenvalue weighted by Gasteiger charge is -2.18. The van der Waals surface area contributed by atoms with Gasteiger partial charge in [0.15, 0.2) is 6.10 Å². The number of hydrogen-bond donors (Lipinski definition) is 0. The third kappa shape index (κ3) is 34.7. The van der Waals surface area contributed by atoms with Crippen LogP contribution in [0.25, 0.3) is 0 Å². The van der Waals surface area contributed by atoms with E-state index >= 15 is 0 Å². The Hall–Kier alpha value is -2.14. The highest BCUT2D eigenvalue weighted by Crippen LogP contribution is 2.11. The Bertz CT molecular complexity index is 782. The molecule has 0 saturated heterocycles. The number of allylic oxidation sites excluding steroid dienone is 8. The average Bonchev–Trinajstić information content (AvgIpc) is 3.05. The number of carbonyl (C=O) groups excluding carboxylic acids is 2. The fourth-order valence-electron chi connectivity index (χ4n) is 4.97. The normalized spacial score (nSPS) is 12.7. The molecule has 0 saturated carbocycles. The van der Waals surface area contributed by atoms with Crippen LogP contribution in [0.15, 0.2) is 48.6 Å². The van der Waals surface area contributed by atoms with Gasteiger partial charge in [0.05, 0.1) is 6.61 Å². The van der Waals surface area contributed by atoms with E-state index in [2.05, 4.69) is 69.4 Å². The number of hydrogen-bond acceptors (Lipinski definition) is 5. The van der Waals surface area contributed by atoms with E-state index in [9.17, 15) is 9.59 Å². The van der Waals surface area contributed by atoms with Crippen LogP contribution in [0.2, 0.25) is 0 Å². The van der Waals surface area contributed by atoms with Gasteiger partial charge in [-0.2, -0.15) is 0 Å². The minimum Gasteiger partial charge on any atom is -0.462 e. The van der Waals surface area contributed by atoms with Gasteiger partial charge in [-0.05, 0) is 70.6 Å². The van der Waals surface area contributed by atoms with E-state index in [1.54, 1.807) is 0 Å². The summed E-state index contributed by atoms with van der Waals surface area (Å²) in [5.74, 6) is -0.438. The molecular weight excluding hydrogens is 572 g/mol. The van der Waals surface area contributed by atoms with Crippen LogP contribution < -0.4 is 0 Å². The van der Waals surface area contributed by atoms with Crippen molar-refractivity contribution < 1.29 is 23.8 Å². The number of esters is 2. The highest BCUT2D eigenvalue weighted by atomic mass is 16.6. The van der Waals surface area contributed by atoms with Crippen LogP contribution in [-0.4, -0.2) is 37.9 Å². The summed E-state index contributed by atoms with van der Waals surface area (Å²) in [6, 6.07) is 0. The van der Waals surface area contributed by atoms with Gasteiger partial charge in [-0.15, -0.1) is 0 Å². The molecule has 0 aromatic heterocycles. The van der Waals surface area contributed by atoms with Crippen molar-refractivity contribution in [1.29, 1.82) is 0 Å². The first-order valence-corrected chi connectivity index (χ1v) is 19.2. The summed E-state index contributed by atoms with van der Waals surface area (Å²) in [5, 5.41) is 0. The molecule has 0 heterocycles. The molecule has 0 aromatic carbocycles. The minimum atomic E-state index is -0.542. The molecule has 5 nitrogen and oxygen atoms in total. The Kier molecular flexibility index (Phi) is 35.6. The number of carbonyl (C=O) groups is 2. The summed E-state index contributed by atoms with van der Waals surface area (Å²) in [7, 11) is 0. The molecular formula is C41H72O5. The first-order valence-electron chi connectivity index (χ1n) is 19.2. The fourth-order valence-corrected chi connectivity index (χ4v) is 4.97. The van der Waals surface area contributed by atoms with Crippen LogP contribution in [0.4, 0.5) is 0 Å². The minimum absolute atomic E-state index is 0.0712. The molecule has 0 aliphatic heterocycles. The van der Waals surface area contributed by atoms with Crippen molar-refractivity contribution in [1.82, 2.24) is 0 Å². The van der Waals surface area contributed by atoms with Gasteiger partial charge in [-0.25, -0.2) is 0 Å². The number of rotatable bonds is 34. The SMILES string of the molecule is CC/C=C\C/C=C\C/C=C\CCCCCCOCC(COC(=O)CCCCCCC/C=C\CCCC)OC(=O)CCCCCCC. The molecule has 0 aliphatic carbocycles. The van der Waals surface area contributed by atoms with E-state index in [-0.39, 0.29) is 25.2 Å². The molecule has 5 heteroatoms. The van der Waals surface area contributed by atoms with Crippen LogP contribution in [-0.2, 0) is 23.8 Å². The largest absolute Gasteiger partial charge is 0.462 e. The predicted molar refractivity (Wildman–Crippen MR) is 196 cm³/mol. The monoisotopic (exact) mass is 645 g/mol. The zero-order chi connectivity index (χ0) is 33.6. The molecule has 0 aliphatic rings. The van der Waals surface area contributed by atoms with E-state index in [0.717, 1.165) is 83.5 Å². The van der Waals surface area contributed by atoms with Gasteiger partial charge in [-0.3, -0.25) is 9.59 Å². The van der Waals surface area contributed by atoms with Crippen molar-refractivity contribution in [3.63, 3.8) is 0 Å². The summed E-state index contributed by atoms with van der Waals surface area (Å²) in [5.41, 5.74) is 0. The maximum atomic E-state index is 12.5. The van der Waals surface area contributed by atoms with Crippen molar-refractivity contribution in [3.8, 4) is 0 Å². The van der Waals surface area contributed by atoms with Crippen LogP contribution in [0.5, 0.6) is 0 Å². The van der Waals surface area contributed by atoms with Gasteiger partial charge in [0.1, 0.15) is 6.61 Å². The molecule has 0 aromatic rings. The van der Waals surface area contributed by atoms with Gasteiger partial charge in [0.2, 0.25) is 0 Å². The van der Waals surface area contributed by atoms with Gasteiger partial charge in [0, 0.05) is 19.4 Å². The molecule has 1 unspecified atom stereocenters. The van der Waals surface area contributed by atoms with E-state index in [1.807, 2.05) is 0 Å². The molecule has 0 rings (SSSR count). The molecule has 0 amide bonds. The third-order valence-electron chi connectivity index (χ3n) is 7.85. The summed E-state index contributed by atoms with van der Waals surface area (Å²) >= 11 is 0. The Morgan fingerprint density at radius 1 is 0.500 bits per heavy atom. The van der Waals surface area contributed by atoms with Crippen molar-refractivity contribution in [2.24, 2.45) is 0 Å². The third-order valence-corrected chi connectivity index (χ3v) is 7.85. The quantitative estimate of drug-likeness (QED) is 0.0396. The first kappa shape index (κ1) is 43.9. The van der Waals surface area contributed by atoms with Crippen LogP contribution in [0.1, 0.15) is 175 Å². The van der Waals surface area contributed by atoms with Crippen molar-refractivity contribution in [2.45, 2.75) is 181 Å². The Balaban J connectivity index is 4.18. The summed E-state index contributed by atoms with van der Waals surface area (Å²) < 4.78 is 17.1. The second-order valence-electron chi connectivity index (χ2n) is 12.5. The van der Waals surface area contributed by atoms with E-state index in [1.165, 1.54) is 57.8 Å². The number of ether oxygens (including phenoxy) is 3. The van der Waals surface area contributed by atoms with Crippen LogP contribution in [0, 0.1) is 0 Å². The predicted octanol–water partition coefficient (Wildman–Crippen LogP) is 12.1. The van der Waals surface area contributed by atoms with Gasteiger partial charge in [0.25, 0.3) is 0 Å². The molecule has 1 atom stereocenters. The topological polar surface area (TPSA) is 61.8 Å². The Labute approximate surface area is 284 Å². The standard InChI is InChI=1S/C41H72O5/c1-4-7-10-13-15-17-19-20-21-23-25-27-30-33-36-44-37-39(46-41(43)35-32-28-12-9-6-3)38-45-40(42)34-31-29-26-24-22-18-16-14-11-8-5-2/h7,10,14-17,20-21,39H,4-6,8-9,11-13,18-19,22-38H2,1-3H3/b10-7-,16-14-,17-15-,21-20-. The second kappa shape index (κ2) is 37.3. The lowest BCUT2D eigenvalue weighted by molar-refractivity contribution is -0.163. The summed E-state index contributed by atoms with van der Waals surface area (Å²) in [6.45, 7) is 7.53. The molecule has 0 N–H and O–H groups in total. The van der Waals surface area contributed by atoms with E-state index < -0.39 is 6.10 Å². The molecule has 266 valence electrons. The smallest absolute Gasteiger partial charge is 0.306 e. The van der Waals surface area contributed by atoms with Crippen molar-refractivity contribution in [2.75, 3.05) is 19.8 Å². The van der Waals surface area contributed by atoms with Crippen molar-refractivity contribution >= 4 is 11.9 Å². The Morgan fingerprint density at radius 3 is 1.65 bits per heavy atom. The zero-order valence-electron chi connectivity index (χ0n) is 30.3. The molecule has 0 fully saturated rings. The molecule has 46 heavy (non-hydrogen) atoms. The van der Waals surface area contributed by atoms with E-state index in [4.69, 9.17) is 14.2 Å². The Morgan fingerprint density at radius 2 is 1.00 bits per heavy atom. The highest BCUT2D eigenvalue weighted by Gasteiger charge is 2.17. The highest BCUT2D eigenvalue weighted by molar-refractivity contribution is 5.70. The van der Waals surface area contributed by atoms with Gasteiger partial charge in [-0.1, -0.05) is 140 Å². The van der Waals surface area contributed by atoms with Crippen LogP contribution in [0.3, 0.4) is 0 Å². The van der Waals surface area contributed by atoms with Crippen molar-refractivity contribution in [3.05, 3.63) is 48.6 Å². The maximum Gasteiger partial charge on any atom is 0.306 e. The number of unbranched alkanes of at least 4 members (excludes halogenated alkanes) is 15. The van der Waals surface area contributed by atoms with Crippen LogP contribution >= 0.6 is 0 Å². The lowest BCUT2D eigenvalue weighted by atomic mass is 10.1. The molecule has 0 spiro atoms. The first-order chi connectivity index (χ1) is 22.6. The van der Waals surface area contributed by atoms with E-state index in [0.29, 0.717) is 19.4 Å². The molecule has 0 bridgehead atoms. The molecule has 0 radical (unpaired) electrons. The fraction of sp³-hybridized carbons (Fsp3) is 0.756. The second-order valence-corrected chi connectivity index (χ2v) is 12.5. The average molecular weight is 645 g/mol. The maximum absolute atomic E-state index is 12.5. The zero-order valence-corrected chi connectivity index (χ0v) is 30.3. The summed E-state index contributed by atoms with van der Waals surface area (Å²) in [6.07, 6.45) is 42.7. The summed E-state index contributed by atoms with van der Waals surface area (Å²) in [4.78, 5) is 24.8. The van der Waals surface area contributed by atoms with Gasteiger partial charge >= 0.3 is 11.9 Å².